The lowest BCUT2D eigenvalue weighted by Gasteiger charge is -2.05. The number of pyridine rings is 1. The third-order valence-electron chi connectivity index (χ3n) is 2.48. The molecule has 2 N–H and O–H groups in total. The number of methoxy groups -OCH3 is 1. The molecule has 0 aliphatic heterocycles. The molecule has 0 saturated heterocycles. The molecule has 0 spiro atoms. The summed E-state index contributed by atoms with van der Waals surface area (Å²) < 4.78 is 4.58. The van der Waals surface area contributed by atoms with Crippen LogP contribution in [0.3, 0.4) is 0 Å². The highest BCUT2D eigenvalue weighted by molar-refractivity contribution is 5.68. The van der Waals surface area contributed by atoms with E-state index in [2.05, 4.69) is 9.72 Å². The van der Waals surface area contributed by atoms with Gasteiger partial charge >= 0.3 is 5.97 Å². The van der Waals surface area contributed by atoms with Gasteiger partial charge in [0.05, 0.1) is 12.8 Å². The van der Waals surface area contributed by atoms with Crippen LogP contribution in [0.25, 0.3) is 0 Å². The van der Waals surface area contributed by atoms with Crippen molar-refractivity contribution in [2.24, 2.45) is 5.73 Å². The van der Waals surface area contributed by atoms with Crippen molar-refractivity contribution in [1.29, 1.82) is 0 Å². The lowest BCUT2D eigenvalue weighted by molar-refractivity contribution is -0.140. The summed E-state index contributed by atoms with van der Waals surface area (Å²) in [5.74, 6) is -0.148. The maximum absolute atomic E-state index is 10.9. The number of aryl methyl sites for hydroxylation is 1. The molecule has 0 aliphatic carbocycles. The van der Waals surface area contributed by atoms with Gasteiger partial charge in [0.1, 0.15) is 0 Å². The molecule has 88 valence electrons. The van der Waals surface area contributed by atoms with Crippen LogP contribution in [-0.2, 0) is 22.5 Å². The molecular formula is C12H18N2O2. The summed E-state index contributed by atoms with van der Waals surface area (Å²) >= 11 is 0. The van der Waals surface area contributed by atoms with Gasteiger partial charge in [-0.25, -0.2) is 0 Å². The van der Waals surface area contributed by atoms with Crippen LogP contribution in [0.5, 0.6) is 0 Å². The highest BCUT2D eigenvalue weighted by atomic mass is 16.5. The van der Waals surface area contributed by atoms with Crippen LogP contribution in [0, 0.1) is 0 Å². The largest absolute Gasteiger partial charge is 0.469 e. The molecule has 0 aromatic carbocycles. The minimum Gasteiger partial charge on any atom is -0.469 e. The highest BCUT2D eigenvalue weighted by Crippen LogP contribution is 2.10. The summed E-state index contributed by atoms with van der Waals surface area (Å²) in [6.07, 6.45) is 4.94. The smallest absolute Gasteiger partial charge is 0.305 e. The molecule has 0 aliphatic rings. The topological polar surface area (TPSA) is 65.2 Å². The normalized spacial score (nSPS) is 10.1. The molecule has 0 saturated carbocycles. The monoisotopic (exact) mass is 222 g/mol. The number of carbonyl (C=O) groups is 1. The van der Waals surface area contributed by atoms with Gasteiger partial charge in [0.2, 0.25) is 0 Å². The van der Waals surface area contributed by atoms with Crippen molar-refractivity contribution in [3.05, 3.63) is 29.6 Å². The second-order valence-electron chi connectivity index (χ2n) is 3.60. The average Bonchev–Trinajstić information content (AvgIpc) is 2.34. The molecule has 0 atom stereocenters. The zero-order valence-corrected chi connectivity index (χ0v) is 9.61. The van der Waals surface area contributed by atoms with Gasteiger partial charge in [0.25, 0.3) is 0 Å². The number of nitrogens with two attached hydrogens (primary N) is 1. The molecule has 0 radical (unpaired) electrons. The van der Waals surface area contributed by atoms with Crippen LogP contribution in [-0.4, -0.2) is 18.1 Å². The summed E-state index contributed by atoms with van der Waals surface area (Å²) in [5, 5.41) is 0. The Kier molecular flexibility index (Phi) is 5.50. The molecule has 1 rings (SSSR count). The number of hydrogen-bond donors (Lipinski definition) is 1. The first-order valence-corrected chi connectivity index (χ1v) is 5.47. The van der Waals surface area contributed by atoms with Crippen molar-refractivity contribution in [2.75, 3.05) is 7.11 Å². The number of esters is 1. The van der Waals surface area contributed by atoms with Gasteiger partial charge in [-0.15, -0.1) is 0 Å². The van der Waals surface area contributed by atoms with Gasteiger partial charge in [-0.05, 0) is 30.9 Å². The van der Waals surface area contributed by atoms with Crippen LogP contribution in [0.2, 0.25) is 0 Å². The van der Waals surface area contributed by atoms with Crippen molar-refractivity contribution in [2.45, 2.75) is 32.2 Å². The summed E-state index contributed by atoms with van der Waals surface area (Å²) in [7, 11) is 1.41. The number of nitrogens with zero attached hydrogens (tertiary/aromatic N) is 1. The quantitative estimate of drug-likeness (QED) is 0.584. The molecular weight excluding hydrogens is 204 g/mol. The Morgan fingerprint density at radius 1 is 1.50 bits per heavy atom. The highest BCUT2D eigenvalue weighted by Gasteiger charge is 2.03. The Bertz CT molecular complexity index is 340. The van der Waals surface area contributed by atoms with E-state index >= 15 is 0 Å². The standard InChI is InChI=1S/C12H18N2O2/c1-16-12(15)7-3-2-5-10-6-4-8-14-11(10)9-13/h4,6,8H,2-3,5,7,9,13H2,1H3. The van der Waals surface area contributed by atoms with Crippen molar-refractivity contribution in [3.8, 4) is 0 Å². The third-order valence-corrected chi connectivity index (χ3v) is 2.48. The Morgan fingerprint density at radius 2 is 2.31 bits per heavy atom. The van der Waals surface area contributed by atoms with Crippen LogP contribution in [0.1, 0.15) is 30.5 Å². The van der Waals surface area contributed by atoms with E-state index in [0.717, 1.165) is 25.0 Å². The van der Waals surface area contributed by atoms with Crippen molar-refractivity contribution < 1.29 is 9.53 Å². The van der Waals surface area contributed by atoms with E-state index in [1.807, 2.05) is 12.1 Å². The number of carbonyl (C=O) groups excluding carboxylic acids is 1. The van der Waals surface area contributed by atoms with Crippen LogP contribution < -0.4 is 5.73 Å². The number of aromatic nitrogens is 1. The summed E-state index contributed by atoms with van der Waals surface area (Å²) in [6.45, 7) is 0.465. The molecule has 4 nitrogen and oxygen atoms in total. The molecule has 0 unspecified atom stereocenters. The van der Waals surface area contributed by atoms with Crippen molar-refractivity contribution >= 4 is 5.97 Å². The molecule has 16 heavy (non-hydrogen) atoms. The van der Waals surface area contributed by atoms with E-state index in [0.29, 0.717) is 13.0 Å². The lowest BCUT2D eigenvalue weighted by Crippen LogP contribution is -2.05. The van der Waals surface area contributed by atoms with Crippen LogP contribution in [0.4, 0.5) is 0 Å². The summed E-state index contributed by atoms with van der Waals surface area (Å²) in [4.78, 5) is 15.1. The molecule has 0 bridgehead atoms. The second kappa shape index (κ2) is 6.95. The molecule has 0 amide bonds. The number of ether oxygens (including phenoxy) is 1. The van der Waals surface area contributed by atoms with Gasteiger partial charge in [0, 0.05) is 19.2 Å². The molecule has 1 heterocycles. The molecule has 0 fully saturated rings. The van der Waals surface area contributed by atoms with Crippen molar-refractivity contribution in [1.82, 2.24) is 4.98 Å². The molecule has 1 aromatic heterocycles. The van der Waals surface area contributed by atoms with Crippen LogP contribution in [0.15, 0.2) is 18.3 Å². The number of rotatable bonds is 6. The van der Waals surface area contributed by atoms with Gasteiger partial charge in [0.15, 0.2) is 0 Å². The van der Waals surface area contributed by atoms with Crippen LogP contribution >= 0.6 is 0 Å². The lowest BCUT2D eigenvalue weighted by atomic mass is 10.1. The SMILES string of the molecule is COC(=O)CCCCc1cccnc1CN. The Labute approximate surface area is 95.8 Å². The minimum atomic E-state index is -0.148. The number of hydrogen-bond acceptors (Lipinski definition) is 4. The zero-order valence-electron chi connectivity index (χ0n) is 9.61. The first kappa shape index (κ1) is 12.6. The van der Waals surface area contributed by atoms with E-state index in [4.69, 9.17) is 5.73 Å². The summed E-state index contributed by atoms with van der Waals surface area (Å²) in [5.41, 5.74) is 7.71. The van der Waals surface area contributed by atoms with Gasteiger partial charge in [-0.2, -0.15) is 0 Å². The van der Waals surface area contributed by atoms with E-state index in [9.17, 15) is 4.79 Å². The predicted octanol–water partition coefficient (Wildman–Crippen LogP) is 1.43. The molecule has 4 heteroatoms. The minimum absolute atomic E-state index is 0.148. The summed E-state index contributed by atoms with van der Waals surface area (Å²) in [6, 6.07) is 3.95. The third kappa shape index (κ3) is 3.98. The number of unbranched alkanes of at least 4 members (excludes halogenated alkanes) is 1. The van der Waals surface area contributed by atoms with Gasteiger partial charge < -0.3 is 10.5 Å². The van der Waals surface area contributed by atoms with Gasteiger partial charge in [-0.1, -0.05) is 6.07 Å². The maximum atomic E-state index is 10.9. The van der Waals surface area contributed by atoms with E-state index < -0.39 is 0 Å². The van der Waals surface area contributed by atoms with Crippen molar-refractivity contribution in [3.63, 3.8) is 0 Å². The Hall–Kier alpha value is -1.42. The fourth-order valence-electron chi connectivity index (χ4n) is 1.57. The fraction of sp³-hybridized carbons (Fsp3) is 0.500. The van der Waals surface area contributed by atoms with Gasteiger partial charge in [-0.3, -0.25) is 9.78 Å². The first-order valence-electron chi connectivity index (χ1n) is 5.47. The van der Waals surface area contributed by atoms with E-state index in [1.54, 1.807) is 6.20 Å². The van der Waals surface area contributed by atoms with E-state index in [1.165, 1.54) is 12.7 Å². The average molecular weight is 222 g/mol. The predicted molar refractivity (Wildman–Crippen MR) is 61.7 cm³/mol. The first-order chi connectivity index (χ1) is 7.77. The van der Waals surface area contributed by atoms with E-state index in [-0.39, 0.29) is 5.97 Å². The second-order valence-corrected chi connectivity index (χ2v) is 3.60. The zero-order chi connectivity index (χ0) is 11.8. The Morgan fingerprint density at radius 3 is 3.00 bits per heavy atom. The fourth-order valence-corrected chi connectivity index (χ4v) is 1.57. The molecule has 1 aromatic rings. The Balaban J connectivity index is 2.34. The maximum Gasteiger partial charge on any atom is 0.305 e.